The van der Waals surface area contributed by atoms with Crippen LogP contribution in [0.4, 0.5) is 10.1 Å². The van der Waals surface area contributed by atoms with Crippen molar-refractivity contribution in [2.75, 3.05) is 19.0 Å². The number of hydrogen-bond donors (Lipinski definition) is 0. The lowest BCUT2D eigenvalue weighted by molar-refractivity contribution is 0.556. The number of carbonyl (C=O) groups excluding carboxylic acids is 1. The van der Waals surface area contributed by atoms with Crippen LogP contribution >= 0.6 is 0 Å². The van der Waals surface area contributed by atoms with Gasteiger partial charge < -0.3 is 4.90 Å². The lowest BCUT2D eigenvalue weighted by Gasteiger charge is -2.16. The van der Waals surface area contributed by atoms with E-state index >= 15 is 0 Å². The fraction of sp³-hybridized carbons (Fsp3) is 0.417. The summed E-state index contributed by atoms with van der Waals surface area (Å²) in [4.78, 5) is 15.9. The summed E-state index contributed by atoms with van der Waals surface area (Å²) >= 11 is 0. The van der Waals surface area contributed by atoms with Crippen molar-refractivity contribution in [2.24, 2.45) is 4.99 Å². The van der Waals surface area contributed by atoms with E-state index in [1.54, 1.807) is 37.2 Å². The number of aliphatic imine (C=N–C) groups is 1. The molecular formula is C12H13FN2O. The van der Waals surface area contributed by atoms with Gasteiger partial charge in [0, 0.05) is 14.1 Å². The maximum atomic E-state index is 13.5. The molecule has 1 saturated carbocycles. The minimum Gasteiger partial charge on any atom is -0.375 e. The van der Waals surface area contributed by atoms with Crippen molar-refractivity contribution in [3.8, 4) is 0 Å². The van der Waals surface area contributed by atoms with Gasteiger partial charge in [-0.05, 0) is 30.5 Å². The van der Waals surface area contributed by atoms with Gasteiger partial charge in [-0.25, -0.2) is 9.18 Å². The van der Waals surface area contributed by atoms with Gasteiger partial charge in [-0.1, -0.05) is 6.07 Å². The topological polar surface area (TPSA) is 32.7 Å². The Hall–Kier alpha value is -1.67. The van der Waals surface area contributed by atoms with Crippen molar-refractivity contribution in [2.45, 2.75) is 18.4 Å². The number of nitrogens with zero attached hydrogens (tertiary/aromatic N) is 2. The molecule has 16 heavy (non-hydrogen) atoms. The molecule has 0 bridgehead atoms. The van der Waals surface area contributed by atoms with Crippen molar-refractivity contribution < 1.29 is 9.18 Å². The van der Waals surface area contributed by atoms with E-state index in [0.29, 0.717) is 5.69 Å². The molecule has 0 unspecified atom stereocenters. The summed E-state index contributed by atoms with van der Waals surface area (Å²) in [7, 11) is 3.56. The summed E-state index contributed by atoms with van der Waals surface area (Å²) in [5, 5.41) is 0. The highest BCUT2D eigenvalue weighted by Gasteiger charge is 2.45. The molecule has 0 saturated heterocycles. The summed E-state index contributed by atoms with van der Waals surface area (Å²) < 4.78 is 13.5. The van der Waals surface area contributed by atoms with Crippen molar-refractivity contribution in [1.29, 1.82) is 0 Å². The molecule has 0 amide bonds. The third-order valence-corrected chi connectivity index (χ3v) is 2.95. The maximum absolute atomic E-state index is 13.5. The van der Waals surface area contributed by atoms with Gasteiger partial charge in [-0.15, -0.1) is 0 Å². The van der Waals surface area contributed by atoms with Gasteiger partial charge in [0.05, 0.1) is 11.2 Å². The Kier molecular flexibility index (Phi) is 2.52. The maximum Gasteiger partial charge on any atom is 0.235 e. The van der Waals surface area contributed by atoms with E-state index in [4.69, 9.17) is 0 Å². The summed E-state index contributed by atoms with van der Waals surface area (Å²) in [5.74, 6) is -0.264. The molecular weight excluding hydrogens is 207 g/mol. The third-order valence-electron chi connectivity index (χ3n) is 2.95. The smallest absolute Gasteiger partial charge is 0.235 e. The minimum absolute atomic E-state index is 0.264. The first-order chi connectivity index (χ1) is 7.59. The predicted octanol–water partition coefficient (Wildman–Crippen LogP) is 2.22. The Morgan fingerprint density at radius 3 is 2.62 bits per heavy atom. The number of hydrogen-bond acceptors (Lipinski definition) is 3. The Bertz CT molecular complexity index is 460. The van der Waals surface area contributed by atoms with Crippen molar-refractivity contribution in [1.82, 2.24) is 0 Å². The molecule has 2 rings (SSSR count). The quantitative estimate of drug-likeness (QED) is 0.578. The third kappa shape index (κ3) is 1.72. The van der Waals surface area contributed by atoms with Crippen LogP contribution in [0.2, 0.25) is 0 Å². The second kappa shape index (κ2) is 3.72. The molecule has 84 valence electrons. The van der Waals surface area contributed by atoms with E-state index in [1.807, 2.05) is 0 Å². The van der Waals surface area contributed by atoms with Gasteiger partial charge in [0.2, 0.25) is 6.08 Å². The zero-order valence-corrected chi connectivity index (χ0v) is 9.33. The molecule has 1 aromatic rings. The highest BCUT2D eigenvalue weighted by molar-refractivity contribution is 5.52. The van der Waals surface area contributed by atoms with Gasteiger partial charge in [0.1, 0.15) is 5.82 Å². The van der Waals surface area contributed by atoms with Crippen LogP contribution in [0.1, 0.15) is 18.4 Å². The molecule has 0 aliphatic heterocycles. The van der Waals surface area contributed by atoms with Crippen molar-refractivity contribution >= 4 is 11.8 Å². The normalized spacial score (nSPS) is 16.4. The molecule has 1 fully saturated rings. The molecule has 0 atom stereocenters. The molecule has 0 aromatic heterocycles. The Labute approximate surface area is 93.6 Å². The molecule has 1 aromatic carbocycles. The monoisotopic (exact) mass is 220 g/mol. The van der Waals surface area contributed by atoms with Gasteiger partial charge in [-0.3, -0.25) is 0 Å². The number of isocyanates is 1. The zero-order valence-electron chi connectivity index (χ0n) is 9.33. The number of halogens is 1. The fourth-order valence-electron chi connectivity index (χ4n) is 1.82. The molecule has 1 aliphatic rings. The standard InChI is InChI=1S/C12H13FN2O/c1-15(2)11-7-9(3-4-10(11)13)12(5-6-12)14-8-16/h3-4,7H,5-6H2,1-2H3. The van der Waals surface area contributed by atoms with E-state index in [-0.39, 0.29) is 5.82 Å². The molecule has 0 N–H and O–H groups in total. The van der Waals surface area contributed by atoms with Crippen LogP contribution in [-0.4, -0.2) is 20.2 Å². The first kappa shape index (κ1) is 10.8. The van der Waals surface area contributed by atoms with E-state index in [9.17, 15) is 9.18 Å². The molecule has 0 heterocycles. The lowest BCUT2D eigenvalue weighted by atomic mass is 10.0. The van der Waals surface area contributed by atoms with Gasteiger partial charge in [0.15, 0.2) is 0 Å². The van der Waals surface area contributed by atoms with Crippen LogP contribution in [0.15, 0.2) is 23.2 Å². The van der Waals surface area contributed by atoms with Crippen LogP contribution in [-0.2, 0) is 10.3 Å². The molecule has 3 nitrogen and oxygen atoms in total. The molecule has 0 spiro atoms. The average molecular weight is 220 g/mol. The zero-order chi connectivity index (χ0) is 11.8. The van der Waals surface area contributed by atoms with E-state index in [1.165, 1.54) is 6.07 Å². The first-order valence-electron chi connectivity index (χ1n) is 5.15. The van der Waals surface area contributed by atoms with Crippen LogP contribution in [0.3, 0.4) is 0 Å². The minimum atomic E-state index is -0.430. The fourth-order valence-corrected chi connectivity index (χ4v) is 1.82. The highest BCUT2D eigenvalue weighted by atomic mass is 19.1. The summed E-state index contributed by atoms with van der Waals surface area (Å²) in [6.07, 6.45) is 3.27. The Morgan fingerprint density at radius 2 is 2.12 bits per heavy atom. The van der Waals surface area contributed by atoms with Crippen LogP contribution in [0, 0.1) is 5.82 Å². The summed E-state index contributed by atoms with van der Waals surface area (Å²) in [6, 6.07) is 4.87. The van der Waals surface area contributed by atoms with Gasteiger partial charge >= 0.3 is 0 Å². The highest BCUT2D eigenvalue weighted by Crippen LogP contribution is 2.49. The molecule has 4 heteroatoms. The first-order valence-corrected chi connectivity index (χ1v) is 5.15. The van der Waals surface area contributed by atoms with E-state index in [2.05, 4.69) is 4.99 Å². The Morgan fingerprint density at radius 1 is 1.44 bits per heavy atom. The summed E-state index contributed by atoms with van der Waals surface area (Å²) in [6.45, 7) is 0. The predicted molar refractivity (Wildman–Crippen MR) is 59.8 cm³/mol. The van der Waals surface area contributed by atoms with Crippen molar-refractivity contribution in [3.05, 3.63) is 29.6 Å². The van der Waals surface area contributed by atoms with Crippen LogP contribution in [0.5, 0.6) is 0 Å². The van der Waals surface area contributed by atoms with Crippen molar-refractivity contribution in [3.63, 3.8) is 0 Å². The second-order valence-corrected chi connectivity index (χ2v) is 4.30. The number of rotatable bonds is 3. The van der Waals surface area contributed by atoms with E-state index in [0.717, 1.165) is 18.4 Å². The largest absolute Gasteiger partial charge is 0.375 e. The lowest BCUT2D eigenvalue weighted by Crippen LogP contribution is -2.12. The number of anilines is 1. The SMILES string of the molecule is CN(C)c1cc(C2(N=C=O)CC2)ccc1F. The Balaban J connectivity index is 2.44. The second-order valence-electron chi connectivity index (χ2n) is 4.30. The molecule has 0 radical (unpaired) electrons. The van der Waals surface area contributed by atoms with Gasteiger partial charge in [-0.2, -0.15) is 4.99 Å². The molecule has 1 aliphatic carbocycles. The average Bonchev–Trinajstić information content (AvgIpc) is 2.99. The van der Waals surface area contributed by atoms with Crippen LogP contribution in [0.25, 0.3) is 0 Å². The van der Waals surface area contributed by atoms with Gasteiger partial charge in [0.25, 0.3) is 0 Å². The summed E-state index contributed by atoms with van der Waals surface area (Å²) in [5.41, 5.74) is 0.978. The van der Waals surface area contributed by atoms with Crippen LogP contribution < -0.4 is 4.90 Å². The van der Waals surface area contributed by atoms with E-state index < -0.39 is 5.54 Å². The number of benzene rings is 1.